The number of piperidine rings is 1. The Balaban J connectivity index is 1.77. The Hall–Kier alpha value is -0.330. The fraction of sp³-hybridized carbons (Fsp3) is 1.00. The molecule has 19 heavy (non-hydrogen) atoms. The van der Waals surface area contributed by atoms with Crippen molar-refractivity contribution in [1.82, 2.24) is 5.32 Å². The van der Waals surface area contributed by atoms with Crippen LogP contribution < -0.4 is 5.32 Å². The smallest absolute Gasteiger partial charge is 0.374 e. The molecule has 2 aliphatic heterocycles. The highest BCUT2D eigenvalue weighted by atomic mass is 19.4. The molecule has 1 saturated carbocycles. The van der Waals surface area contributed by atoms with E-state index in [1.807, 2.05) is 6.92 Å². The molecular formula is C13H22F3NO2. The lowest BCUT2D eigenvalue weighted by Crippen LogP contribution is -2.73. The minimum absolute atomic E-state index is 0.0134. The molecule has 1 aliphatic carbocycles. The van der Waals surface area contributed by atoms with E-state index in [4.69, 9.17) is 4.74 Å². The summed E-state index contributed by atoms with van der Waals surface area (Å²) in [5.74, 6) is 0.657. The van der Waals surface area contributed by atoms with Gasteiger partial charge in [0.15, 0.2) is 0 Å². The number of hydrogen-bond acceptors (Lipinski definition) is 3. The topological polar surface area (TPSA) is 30.5 Å². The van der Waals surface area contributed by atoms with Gasteiger partial charge in [-0.05, 0) is 31.6 Å². The molecule has 2 saturated heterocycles. The lowest BCUT2D eigenvalue weighted by molar-refractivity contribution is -0.328. The van der Waals surface area contributed by atoms with Crippen LogP contribution >= 0.6 is 0 Å². The second-order valence-corrected chi connectivity index (χ2v) is 5.81. The molecule has 112 valence electrons. The van der Waals surface area contributed by atoms with Crippen LogP contribution in [0.15, 0.2) is 0 Å². The van der Waals surface area contributed by atoms with Crippen molar-refractivity contribution in [2.45, 2.75) is 63.6 Å². The van der Waals surface area contributed by atoms with Crippen molar-refractivity contribution in [2.24, 2.45) is 5.92 Å². The molecule has 0 spiro atoms. The van der Waals surface area contributed by atoms with E-state index in [0.717, 1.165) is 19.3 Å². The first-order valence-electron chi connectivity index (χ1n) is 6.94. The highest BCUT2D eigenvalue weighted by Crippen LogP contribution is 2.44. The lowest BCUT2D eigenvalue weighted by Gasteiger charge is -2.59. The summed E-state index contributed by atoms with van der Waals surface area (Å²) in [6.07, 6.45) is -0.475. The van der Waals surface area contributed by atoms with Crippen molar-refractivity contribution < 1.29 is 22.6 Å². The van der Waals surface area contributed by atoms with Crippen molar-refractivity contribution in [2.75, 3.05) is 13.2 Å². The third-order valence-electron chi connectivity index (χ3n) is 4.16. The minimum Gasteiger partial charge on any atom is -0.374 e. The van der Waals surface area contributed by atoms with Gasteiger partial charge in [0.2, 0.25) is 0 Å². The fourth-order valence-corrected chi connectivity index (χ4v) is 3.67. The van der Waals surface area contributed by atoms with Gasteiger partial charge < -0.3 is 10.1 Å². The maximum atomic E-state index is 11.9. The highest BCUT2D eigenvalue weighted by molar-refractivity contribution is 5.12. The molecule has 4 unspecified atom stereocenters. The van der Waals surface area contributed by atoms with Crippen LogP contribution in [0.5, 0.6) is 0 Å². The van der Waals surface area contributed by atoms with E-state index in [1.165, 1.54) is 6.42 Å². The Morgan fingerprint density at radius 3 is 2.53 bits per heavy atom. The highest BCUT2D eigenvalue weighted by Gasteiger charge is 2.53. The van der Waals surface area contributed by atoms with Crippen LogP contribution in [0, 0.1) is 5.92 Å². The normalized spacial score (nSPS) is 35.8. The van der Waals surface area contributed by atoms with Crippen LogP contribution in [0.2, 0.25) is 0 Å². The van der Waals surface area contributed by atoms with Gasteiger partial charge in [-0.1, -0.05) is 13.8 Å². The van der Waals surface area contributed by atoms with Crippen molar-refractivity contribution in [3.8, 4) is 0 Å². The van der Waals surface area contributed by atoms with E-state index in [-0.39, 0.29) is 18.2 Å². The van der Waals surface area contributed by atoms with Gasteiger partial charge in [0, 0.05) is 11.6 Å². The van der Waals surface area contributed by atoms with Crippen LogP contribution in [-0.2, 0) is 9.47 Å². The largest absolute Gasteiger partial charge is 0.522 e. The zero-order valence-electron chi connectivity index (χ0n) is 11.4. The van der Waals surface area contributed by atoms with E-state index in [0.29, 0.717) is 12.0 Å². The van der Waals surface area contributed by atoms with Crippen molar-refractivity contribution in [3.05, 3.63) is 0 Å². The quantitative estimate of drug-likeness (QED) is 0.759. The van der Waals surface area contributed by atoms with Gasteiger partial charge in [-0.25, -0.2) is 0 Å². The van der Waals surface area contributed by atoms with Gasteiger partial charge in [-0.15, -0.1) is 13.2 Å². The Morgan fingerprint density at radius 2 is 2.00 bits per heavy atom. The van der Waals surface area contributed by atoms with Crippen molar-refractivity contribution >= 4 is 0 Å². The van der Waals surface area contributed by atoms with Crippen molar-refractivity contribution in [3.63, 3.8) is 0 Å². The summed E-state index contributed by atoms with van der Waals surface area (Å²) in [5, 5.41) is 3.54. The van der Waals surface area contributed by atoms with Gasteiger partial charge >= 0.3 is 6.36 Å². The third kappa shape index (κ3) is 3.61. The van der Waals surface area contributed by atoms with Gasteiger partial charge in [-0.2, -0.15) is 0 Å². The molecule has 3 rings (SSSR count). The Labute approximate surface area is 111 Å². The molecule has 0 amide bonds. The number of hydrogen-bond donors (Lipinski definition) is 1. The SMILES string of the molecule is CCC(OCCOC(F)(F)F)C12CC(C)CC(C1)N2. The average Bonchev–Trinajstić information content (AvgIpc) is 2.25. The second-order valence-electron chi connectivity index (χ2n) is 5.81. The standard InChI is InChI=1S/C13H22F3NO2/c1-3-11(18-4-5-19-13(14,15)16)12-7-9(2)6-10(8-12)17-12/h9-11,17H,3-8H2,1-2H3. The van der Waals surface area contributed by atoms with Crippen LogP contribution in [0.4, 0.5) is 13.2 Å². The maximum absolute atomic E-state index is 11.9. The summed E-state index contributed by atoms with van der Waals surface area (Å²) in [7, 11) is 0. The molecular weight excluding hydrogens is 259 g/mol. The molecule has 4 atom stereocenters. The van der Waals surface area contributed by atoms with Gasteiger partial charge in [0.1, 0.15) is 0 Å². The molecule has 3 fully saturated rings. The molecule has 6 heteroatoms. The maximum Gasteiger partial charge on any atom is 0.522 e. The van der Waals surface area contributed by atoms with E-state index >= 15 is 0 Å². The molecule has 3 aliphatic rings. The summed E-state index contributed by atoms with van der Waals surface area (Å²) in [6.45, 7) is 3.79. The van der Waals surface area contributed by atoms with Gasteiger partial charge in [0.05, 0.1) is 19.3 Å². The van der Waals surface area contributed by atoms with Crippen molar-refractivity contribution in [1.29, 1.82) is 0 Å². The number of alkyl halides is 3. The van der Waals surface area contributed by atoms with E-state index in [9.17, 15) is 13.2 Å². The molecule has 3 nitrogen and oxygen atoms in total. The van der Waals surface area contributed by atoms with Crippen LogP contribution in [0.25, 0.3) is 0 Å². The summed E-state index contributed by atoms with van der Waals surface area (Å²) in [5.41, 5.74) is -0.0185. The summed E-state index contributed by atoms with van der Waals surface area (Å²) >= 11 is 0. The van der Waals surface area contributed by atoms with Crippen LogP contribution in [0.3, 0.4) is 0 Å². The number of halogens is 3. The first-order chi connectivity index (χ1) is 8.85. The van der Waals surface area contributed by atoms with E-state index in [1.54, 1.807) is 0 Å². The molecule has 1 N–H and O–H groups in total. The Kier molecular flexibility index (Phi) is 4.42. The monoisotopic (exact) mass is 281 g/mol. The first kappa shape index (κ1) is 15.1. The molecule has 2 heterocycles. The van der Waals surface area contributed by atoms with E-state index in [2.05, 4.69) is 17.0 Å². The molecule has 0 aromatic heterocycles. The van der Waals surface area contributed by atoms with Crippen LogP contribution in [-0.4, -0.2) is 37.3 Å². The molecule has 2 bridgehead atoms. The fourth-order valence-electron chi connectivity index (χ4n) is 3.67. The number of ether oxygens (including phenoxy) is 2. The van der Waals surface area contributed by atoms with Gasteiger partial charge in [-0.3, -0.25) is 4.74 Å². The zero-order valence-corrected chi connectivity index (χ0v) is 11.4. The summed E-state index contributed by atoms with van der Waals surface area (Å²) in [6, 6.07) is 0.563. The average molecular weight is 281 g/mol. The molecule has 0 radical (unpaired) electrons. The predicted molar refractivity (Wildman–Crippen MR) is 64.7 cm³/mol. The Bertz CT molecular complexity index is 303. The Morgan fingerprint density at radius 1 is 1.32 bits per heavy atom. The minimum atomic E-state index is -4.57. The zero-order chi connectivity index (χ0) is 14.1. The molecule has 0 aromatic carbocycles. The number of fused-ring (bicyclic) bond motifs is 2. The van der Waals surface area contributed by atoms with E-state index < -0.39 is 13.0 Å². The van der Waals surface area contributed by atoms with Crippen LogP contribution in [0.1, 0.15) is 39.5 Å². The summed E-state index contributed by atoms with van der Waals surface area (Å²) in [4.78, 5) is 0. The first-order valence-corrected chi connectivity index (χ1v) is 6.94. The summed E-state index contributed by atoms with van der Waals surface area (Å²) < 4.78 is 44.9. The molecule has 0 aromatic rings. The second kappa shape index (κ2) is 5.58. The predicted octanol–water partition coefficient (Wildman–Crippen LogP) is 2.85. The third-order valence-corrected chi connectivity index (χ3v) is 4.16. The lowest BCUT2D eigenvalue weighted by atomic mass is 9.63. The van der Waals surface area contributed by atoms with Gasteiger partial charge in [0.25, 0.3) is 0 Å². The number of nitrogens with one attached hydrogen (secondary N) is 1. The number of rotatable bonds is 6.